The SMILES string of the molecule is CCOc1cccc2c1nc(SCC(=O)O)n2CCOC. The number of methoxy groups -OCH3 is 1. The molecule has 0 bridgehead atoms. The number of para-hydroxylation sites is 1. The molecular weight excluding hydrogens is 292 g/mol. The quantitative estimate of drug-likeness (QED) is 0.754. The van der Waals surface area contributed by atoms with E-state index < -0.39 is 5.97 Å². The summed E-state index contributed by atoms with van der Waals surface area (Å²) in [7, 11) is 1.63. The van der Waals surface area contributed by atoms with Crippen LogP contribution >= 0.6 is 11.8 Å². The van der Waals surface area contributed by atoms with Crippen molar-refractivity contribution >= 4 is 28.8 Å². The average molecular weight is 310 g/mol. The second kappa shape index (κ2) is 7.33. The van der Waals surface area contributed by atoms with E-state index in [1.165, 1.54) is 11.8 Å². The summed E-state index contributed by atoms with van der Waals surface area (Å²) >= 11 is 1.20. The molecule has 0 amide bonds. The summed E-state index contributed by atoms with van der Waals surface area (Å²) in [4.78, 5) is 15.3. The molecule has 114 valence electrons. The molecule has 21 heavy (non-hydrogen) atoms. The normalized spacial score (nSPS) is 11.0. The first-order valence-electron chi connectivity index (χ1n) is 6.63. The van der Waals surface area contributed by atoms with Gasteiger partial charge in [-0.2, -0.15) is 0 Å². The fourth-order valence-corrected chi connectivity index (χ4v) is 2.76. The Labute approximate surface area is 127 Å². The van der Waals surface area contributed by atoms with Crippen LogP contribution in [0.1, 0.15) is 6.92 Å². The molecule has 2 aromatic rings. The van der Waals surface area contributed by atoms with Crippen molar-refractivity contribution in [2.45, 2.75) is 18.6 Å². The third-order valence-corrected chi connectivity index (χ3v) is 3.81. The Balaban J connectivity index is 2.43. The maximum atomic E-state index is 10.8. The Morgan fingerprint density at radius 3 is 2.95 bits per heavy atom. The largest absolute Gasteiger partial charge is 0.492 e. The van der Waals surface area contributed by atoms with Gasteiger partial charge in [0.05, 0.1) is 24.5 Å². The molecule has 0 radical (unpaired) electrons. The molecule has 0 saturated heterocycles. The summed E-state index contributed by atoms with van der Waals surface area (Å²) in [5, 5.41) is 9.51. The summed E-state index contributed by atoms with van der Waals surface area (Å²) in [6.07, 6.45) is 0. The number of hydrogen-bond donors (Lipinski definition) is 1. The Morgan fingerprint density at radius 1 is 1.48 bits per heavy atom. The van der Waals surface area contributed by atoms with E-state index in [0.717, 1.165) is 11.0 Å². The summed E-state index contributed by atoms with van der Waals surface area (Å²) in [6.45, 7) is 3.62. The first kappa shape index (κ1) is 15.7. The van der Waals surface area contributed by atoms with Gasteiger partial charge < -0.3 is 19.1 Å². The molecule has 1 N–H and O–H groups in total. The molecule has 1 heterocycles. The number of hydrogen-bond acceptors (Lipinski definition) is 5. The van der Waals surface area contributed by atoms with Crippen molar-refractivity contribution in [3.8, 4) is 5.75 Å². The Morgan fingerprint density at radius 2 is 2.29 bits per heavy atom. The van der Waals surface area contributed by atoms with Gasteiger partial charge in [-0.25, -0.2) is 4.98 Å². The van der Waals surface area contributed by atoms with Crippen LogP contribution in [0.25, 0.3) is 11.0 Å². The fourth-order valence-electron chi connectivity index (χ4n) is 2.01. The number of fused-ring (bicyclic) bond motifs is 1. The maximum Gasteiger partial charge on any atom is 0.313 e. The minimum Gasteiger partial charge on any atom is -0.492 e. The van der Waals surface area contributed by atoms with Crippen LogP contribution in [0.15, 0.2) is 23.4 Å². The molecule has 6 nitrogen and oxygen atoms in total. The van der Waals surface area contributed by atoms with E-state index in [-0.39, 0.29) is 5.75 Å². The van der Waals surface area contributed by atoms with Crippen LogP contribution in [0.5, 0.6) is 5.75 Å². The van der Waals surface area contributed by atoms with Gasteiger partial charge in [0.1, 0.15) is 11.3 Å². The monoisotopic (exact) mass is 310 g/mol. The van der Waals surface area contributed by atoms with Crippen molar-refractivity contribution in [3.05, 3.63) is 18.2 Å². The second-order valence-electron chi connectivity index (χ2n) is 4.28. The minimum absolute atomic E-state index is 0.0275. The molecule has 1 aromatic heterocycles. The third-order valence-electron chi connectivity index (χ3n) is 2.85. The molecule has 0 unspecified atom stereocenters. The standard InChI is InChI=1S/C14H18N2O4S/c1-3-20-11-6-4-5-10-13(11)15-14(21-9-12(17)18)16(10)7-8-19-2/h4-6H,3,7-9H2,1-2H3,(H,17,18). The molecule has 2 rings (SSSR count). The highest BCUT2D eigenvalue weighted by atomic mass is 32.2. The maximum absolute atomic E-state index is 10.8. The van der Waals surface area contributed by atoms with E-state index in [2.05, 4.69) is 4.98 Å². The van der Waals surface area contributed by atoms with Gasteiger partial charge in [0, 0.05) is 13.7 Å². The van der Waals surface area contributed by atoms with Crippen molar-refractivity contribution in [1.29, 1.82) is 0 Å². The van der Waals surface area contributed by atoms with Gasteiger partial charge in [-0.1, -0.05) is 17.8 Å². The van der Waals surface area contributed by atoms with Crippen LogP contribution in [0.3, 0.4) is 0 Å². The minimum atomic E-state index is -0.865. The van der Waals surface area contributed by atoms with Crippen LogP contribution in [-0.2, 0) is 16.1 Å². The van der Waals surface area contributed by atoms with Crippen molar-refractivity contribution in [1.82, 2.24) is 9.55 Å². The highest BCUT2D eigenvalue weighted by molar-refractivity contribution is 7.99. The number of aromatic nitrogens is 2. The Bertz CT molecular complexity index is 627. The van der Waals surface area contributed by atoms with E-state index in [4.69, 9.17) is 14.6 Å². The predicted molar refractivity (Wildman–Crippen MR) is 81.1 cm³/mol. The number of ether oxygens (including phenoxy) is 2. The van der Waals surface area contributed by atoms with E-state index in [9.17, 15) is 4.79 Å². The van der Waals surface area contributed by atoms with Crippen LogP contribution < -0.4 is 4.74 Å². The number of imidazole rings is 1. The first-order chi connectivity index (χ1) is 10.2. The van der Waals surface area contributed by atoms with Crippen LogP contribution in [0.4, 0.5) is 0 Å². The molecule has 0 aliphatic carbocycles. The van der Waals surface area contributed by atoms with Crippen LogP contribution in [0, 0.1) is 0 Å². The number of benzene rings is 1. The van der Waals surface area contributed by atoms with E-state index >= 15 is 0 Å². The highest BCUT2D eigenvalue weighted by Gasteiger charge is 2.15. The van der Waals surface area contributed by atoms with E-state index in [1.54, 1.807) is 7.11 Å². The zero-order valence-corrected chi connectivity index (χ0v) is 12.9. The highest BCUT2D eigenvalue weighted by Crippen LogP contribution is 2.30. The lowest BCUT2D eigenvalue weighted by Crippen LogP contribution is -2.07. The number of carboxylic acid groups (broad SMARTS) is 1. The molecule has 0 saturated carbocycles. The number of rotatable bonds is 8. The zero-order chi connectivity index (χ0) is 15.2. The zero-order valence-electron chi connectivity index (χ0n) is 12.0. The lowest BCUT2D eigenvalue weighted by atomic mass is 10.3. The van der Waals surface area contributed by atoms with Crippen molar-refractivity contribution < 1.29 is 19.4 Å². The van der Waals surface area contributed by atoms with Crippen molar-refractivity contribution in [2.75, 3.05) is 26.1 Å². The number of carbonyl (C=O) groups is 1. The molecule has 0 aliphatic rings. The Kier molecular flexibility index (Phi) is 5.46. The van der Waals surface area contributed by atoms with Gasteiger partial charge in [0.2, 0.25) is 0 Å². The fraction of sp³-hybridized carbons (Fsp3) is 0.429. The van der Waals surface area contributed by atoms with Crippen LogP contribution in [-0.4, -0.2) is 46.7 Å². The van der Waals surface area contributed by atoms with Crippen molar-refractivity contribution in [3.63, 3.8) is 0 Å². The van der Waals surface area contributed by atoms with Crippen LogP contribution in [0.2, 0.25) is 0 Å². The molecule has 1 aromatic carbocycles. The Hall–Kier alpha value is -1.73. The first-order valence-corrected chi connectivity index (χ1v) is 7.61. The topological polar surface area (TPSA) is 73.6 Å². The van der Waals surface area contributed by atoms with Gasteiger partial charge in [0.15, 0.2) is 5.16 Å². The molecule has 0 aliphatic heterocycles. The lowest BCUT2D eigenvalue weighted by Gasteiger charge is -2.08. The van der Waals surface area contributed by atoms with E-state index in [1.807, 2.05) is 29.7 Å². The summed E-state index contributed by atoms with van der Waals surface area (Å²) < 4.78 is 12.7. The van der Waals surface area contributed by atoms with Gasteiger partial charge in [-0.3, -0.25) is 4.79 Å². The summed E-state index contributed by atoms with van der Waals surface area (Å²) in [6, 6.07) is 5.72. The summed E-state index contributed by atoms with van der Waals surface area (Å²) in [5.74, 6) is -0.181. The van der Waals surface area contributed by atoms with Gasteiger partial charge in [-0.05, 0) is 19.1 Å². The molecule has 0 fully saturated rings. The van der Waals surface area contributed by atoms with Gasteiger partial charge >= 0.3 is 5.97 Å². The number of thioether (sulfide) groups is 1. The number of nitrogens with zero attached hydrogens (tertiary/aromatic N) is 2. The average Bonchev–Trinajstić information content (AvgIpc) is 2.82. The number of carboxylic acids is 1. The molecule has 0 spiro atoms. The smallest absolute Gasteiger partial charge is 0.313 e. The molecular formula is C14H18N2O4S. The number of aliphatic carboxylic acids is 1. The van der Waals surface area contributed by atoms with E-state index in [0.29, 0.717) is 30.7 Å². The molecule has 7 heteroatoms. The molecule has 0 atom stereocenters. The van der Waals surface area contributed by atoms with Crippen molar-refractivity contribution in [2.24, 2.45) is 0 Å². The third kappa shape index (κ3) is 3.68. The van der Waals surface area contributed by atoms with Gasteiger partial charge in [0.25, 0.3) is 0 Å². The predicted octanol–water partition coefficient (Wildman–Crippen LogP) is 2.26. The summed E-state index contributed by atoms with van der Waals surface area (Å²) in [5.41, 5.74) is 1.68. The lowest BCUT2D eigenvalue weighted by molar-refractivity contribution is -0.133. The van der Waals surface area contributed by atoms with Gasteiger partial charge in [-0.15, -0.1) is 0 Å². The second-order valence-corrected chi connectivity index (χ2v) is 5.22.